The lowest BCUT2D eigenvalue weighted by atomic mass is 10.1. The number of rotatable bonds is 5. The van der Waals surface area contributed by atoms with Crippen molar-refractivity contribution in [2.75, 3.05) is 46.9 Å². The summed E-state index contributed by atoms with van der Waals surface area (Å²) in [5.74, 6) is -0.756. The lowest BCUT2D eigenvalue weighted by Gasteiger charge is -2.37. The summed E-state index contributed by atoms with van der Waals surface area (Å²) in [6, 6.07) is -0.526. The van der Waals surface area contributed by atoms with Crippen molar-refractivity contribution in [3.05, 3.63) is 0 Å². The predicted molar refractivity (Wildman–Crippen MR) is 66.1 cm³/mol. The van der Waals surface area contributed by atoms with Crippen LogP contribution in [-0.2, 0) is 19.1 Å². The van der Waals surface area contributed by atoms with Crippen molar-refractivity contribution in [2.24, 2.45) is 0 Å². The van der Waals surface area contributed by atoms with Crippen LogP contribution in [0.4, 0.5) is 0 Å². The highest BCUT2D eigenvalue weighted by molar-refractivity contribution is 5.82. The monoisotopic (exact) mass is 258 g/mol. The lowest BCUT2D eigenvalue weighted by Crippen LogP contribution is -2.53. The van der Waals surface area contributed by atoms with Crippen LogP contribution in [0.3, 0.4) is 0 Å². The van der Waals surface area contributed by atoms with Gasteiger partial charge in [-0.2, -0.15) is 0 Å². The molecule has 0 aliphatic carbocycles. The molecule has 6 heteroatoms. The fourth-order valence-corrected chi connectivity index (χ4v) is 2.13. The Morgan fingerprint density at radius 1 is 1.11 bits per heavy atom. The third-order valence-corrected chi connectivity index (χ3v) is 3.36. The molecule has 0 amide bonds. The van der Waals surface area contributed by atoms with Crippen LogP contribution >= 0.6 is 0 Å². The lowest BCUT2D eigenvalue weighted by molar-refractivity contribution is -0.154. The van der Waals surface area contributed by atoms with Gasteiger partial charge in [0.25, 0.3) is 0 Å². The molecule has 0 aromatic heterocycles. The fraction of sp³-hybridized carbons (Fsp3) is 0.833. The summed E-state index contributed by atoms with van der Waals surface area (Å²) in [4.78, 5) is 27.4. The Morgan fingerprint density at radius 2 is 1.72 bits per heavy atom. The third-order valence-electron chi connectivity index (χ3n) is 3.36. The summed E-state index contributed by atoms with van der Waals surface area (Å²) in [5, 5.41) is 0. The molecule has 1 saturated heterocycles. The van der Waals surface area contributed by atoms with Gasteiger partial charge in [-0.15, -0.1) is 0 Å². The van der Waals surface area contributed by atoms with Gasteiger partial charge in [-0.25, -0.2) is 0 Å². The normalized spacial score (nSPS) is 19.3. The van der Waals surface area contributed by atoms with Crippen LogP contribution in [0, 0.1) is 0 Å². The number of piperazine rings is 1. The quantitative estimate of drug-likeness (QED) is 0.633. The molecule has 0 radical (unpaired) electrons. The van der Waals surface area contributed by atoms with Gasteiger partial charge < -0.3 is 14.4 Å². The van der Waals surface area contributed by atoms with Crippen molar-refractivity contribution in [1.82, 2.24) is 9.80 Å². The standard InChI is InChI=1S/C12H22N2O4/c1-4-13-5-7-14(8-6-13)10(12(16)18-3)9-11(15)17-2/h10H,4-9H2,1-3H3/t10-/m0/s1. The molecule has 1 heterocycles. The minimum atomic E-state index is -0.526. The second-order valence-electron chi connectivity index (χ2n) is 4.29. The van der Waals surface area contributed by atoms with E-state index in [9.17, 15) is 9.59 Å². The largest absolute Gasteiger partial charge is 0.469 e. The summed E-state index contributed by atoms with van der Waals surface area (Å²) < 4.78 is 9.39. The molecule has 0 saturated carbocycles. The maximum Gasteiger partial charge on any atom is 0.323 e. The van der Waals surface area contributed by atoms with Gasteiger partial charge in [0, 0.05) is 26.2 Å². The van der Waals surface area contributed by atoms with Crippen molar-refractivity contribution in [1.29, 1.82) is 0 Å². The molecule has 0 aromatic rings. The number of carbonyl (C=O) groups is 2. The zero-order valence-corrected chi connectivity index (χ0v) is 11.3. The van der Waals surface area contributed by atoms with Gasteiger partial charge in [-0.1, -0.05) is 6.92 Å². The summed E-state index contributed by atoms with van der Waals surface area (Å²) in [7, 11) is 2.67. The Labute approximate surface area is 108 Å². The number of carbonyl (C=O) groups excluding carboxylic acids is 2. The molecule has 0 unspecified atom stereocenters. The van der Waals surface area contributed by atoms with Gasteiger partial charge in [-0.05, 0) is 6.54 Å². The number of likely N-dealkylation sites (N-methyl/N-ethyl adjacent to an activating group) is 1. The molecule has 1 rings (SSSR count). The highest BCUT2D eigenvalue weighted by Gasteiger charge is 2.31. The van der Waals surface area contributed by atoms with E-state index in [-0.39, 0.29) is 18.4 Å². The summed E-state index contributed by atoms with van der Waals surface area (Å²) in [6.45, 7) is 6.47. The van der Waals surface area contributed by atoms with Crippen molar-refractivity contribution in [3.8, 4) is 0 Å². The number of ether oxygens (including phenoxy) is 2. The van der Waals surface area contributed by atoms with Gasteiger partial charge >= 0.3 is 11.9 Å². The van der Waals surface area contributed by atoms with E-state index in [2.05, 4.69) is 16.6 Å². The molecule has 1 fully saturated rings. The Morgan fingerprint density at radius 3 is 2.17 bits per heavy atom. The van der Waals surface area contributed by atoms with Crippen LogP contribution in [0.25, 0.3) is 0 Å². The van der Waals surface area contributed by atoms with Crippen LogP contribution in [0.1, 0.15) is 13.3 Å². The molecule has 6 nitrogen and oxygen atoms in total. The number of nitrogens with zero attached hydrogens (tertiary/aromatic N) is 2. The first-order chi connectivity index (χ1) is 8.62. The second-order valence-corrected chi connectivity index (χ2v) is 4.29. The highest BCUT2D eigenvalue weighted by atomic mass is 16.5. The zero-order valence-electron chi connectivity index (χ0n) is 11.3. The van der Waals surface area contributed by atoms with Crippen molar-refractivity contribution < 1.29 is 19.1 Å². The van der Waals surface area contributed by atoms with Crippen LogP contribution < -0.4 is 0 Å². The highest BCUT2D eigenvalue weighted by Crippen LogP contribution is 2.11. The molecule has 1 aliphatic heterocycles. The van der Waals surface area contributed by atoms with E-state index in [1.807, 2.05) is 4.90 Å². The van der Waals surface area contributed by atoms with Crippen molar-refractivity contribution >= 4 is 11.9 Å². The van der Waals surface area contributed by atoms with Gasteiger partial charge in [-0.3, -0.25) is 14.5 Å². The first kappa shape index (κ1) is 14.9. The fourth-order valence-electron chi connectivity index (χ4n) is 2.13. The molecule has 1 aliphatic rings. The Balaban J connectivity index is 2.60. The van der Waals surface area contributed by atoms with Crippen LogP contribution in [-0.4, -0.2) is 74.7 Å². The topological polar surface area (TPSA) is 59.1 Å². The summed E-state index contributed by atoms with van der Waals surface area (Å²) in [5.41, 5.74) is 0. The minimum absolute atomic E-state index is 0.0509. The van der Waals surface area contributed by atoms with Crippen LogP contribution in [0.5, 0.6) is 0 Å². The van der Waals surface area contributed by atoms with Crippen LogP contribution in [0.15, 0.2) is 0 Å². The number of hydrogen-bond acceptors (Lipinski definition) is 6. The van der Waals surface area contributed by atoms with Crippen molar-refractivity contribution in [3.63, 3.8) is 0 Å². The average molecular weight is 258 g/mol. The maximum atomic E-state index is 11.7. The molecule has 0 N–H and O–H groups in total. The second kappa shape index (κ2) is 7.33. The van der Waals surface area contributed by atoms with Crippen LogP contribution in [0.2, 0.25) is 0 Å². The smallest absolute Gasteiger partial charge is 0.323 e. The third kappa shape index (κ3) is 3.96. The molecular formula is C12H22N2O4. The van der Waals surface area contributed by atoms with Crippen molar-refractivity contribution in [2.45, 2.75) is 19.4 Å². The first-order valence-electron chi connectivity index (χ1n) is 6.23. The van der Waals surface area contributed by atoms with E-state index in [1.165, 1.54) is 14.2 Å². The molecule has 1 atom stereocenters. The number of esters is 2. The Kier molecular flexibility index (Phi) is 6.07. The zero-order chi connectivity index (χ0) is 13.5. The molecule has 0 spiro atoms. The molecular weight excluding hydrogens is 236 g/mol. The van der Waals surface area contributed by atoms with Gasteiger partial charge in [0.1, 0.15) is 6.04 Å². The predicted octanol–water partition coefficient (Wildman–Crippen LogP) is -0.271. The van der Waals surface area contributed by atoms with Gasteiger partial charge in [0.05, 0.1) is 20.6 Å². The van der Waals surface area contributed by atoms with E-state index < -0.39 is 6.04 Å². The van der Waals surface area contributed by atoms with E-state index in [4.69, 9.17) is 4.74 Å². The average Bonchev–Trinajstić information content (AvgIpc) is 2.43. The van der Waals surface area contributed by atoms with E-state index in [0.29, 0.717) is 0 Å². The Hall–Kier alpha value is -1.14. The SMILES string of the molecule is CCN1CCN([C@@H](CC(=O)OC)C(=O)OC)CC1. The molecule has 0 bridgehead atoms. The van der Waals surface area contributed by atoms with Gasteiger partial charge in [0.15, 0.2) is 0 Å². The van der Waals surface area contributed by atoms with E-state index >= 15 is 0 Å². The minimum Gasteiger partial charge on any atom is -0.469 e. The van der Waals surface area contributed by atoms with E-state index in [0.717, 1.165) is 32.7 Å². The summed E-state index contributed by atoms with van der Waals surface area (Å²) >= 11 is 0. The number of methoxy groups -OCH3 is 2. The maximum absolute atomic E-state index is 11.7. The Bertz CT molecular complexity index is 288. The molecule has 0 aromatic carbocycles. The number of hydrogen-bond donors (Lipinski definition) is 0. The van der Waals surface area contributed by atoms with E-state index in [1.54, 1.807) is 0 Å². The first-order valence-corrected chi connectivity index (χ1v) is 6.23. The summed E-state index contributed by atoms with van der Waals surface area (Å²) in [6.07, 6.45) is 0.0509. The van der Waals surface area contributed by atoms with Gasteiger partial charge in [0.2, 0.25) is 0 Å². The molecule has 104 valence electrons. The molecule has 18 heavy (non-hydrogen) atoms.